The van der Waals surface area contributed by atoms with E-state index in [1.165, 1.54) is 12.8 Å². The van der Waals surface area contributed by atoms with Crippen LogP contribution in [0.15, 0.2) is 0 Å². The fourth-order valence-electron chi connectivity index (χ4n) is 0.0943. The van der Waals surface area contributed by atoms with Crippen molar-refractivity contribution in [1.29, 1.82) is 0 Å². The number of aliphatic hydroxyl groups excluding tert-OH is 3. The van der Waals surface area contributed by atoms with Crippen LogP contribution in [0, 0.1) is 0 Å². The van der Waals surface area contributed by atoms with E-state index < -0.39 is 19.0 Å². The average Bonchev–Trinajstić information content (AvgIpc) is 2.03. The molecule has 0 rings (SSSR count). The van der Waals surface area contributed by atoms with Gasteiger partial charge in [-0.15, -0.1) is 0 Å². The average molecular weight is 166 g/mol. The lowest BCUT2D eigenvalue weighted by molar-refractivity contribution is -0.134. The lowest BCUT2D eigenvalue weighted by Crippen LogP contribution is -2.28. The van der Waals surface area contributed by atoms with Gasteiger partial charge in [0.15, 0.2) is 6.29 Å². The Morgan fingerprint density at radius 1 is 1.00 bits per heavy atom. The number of hydrogen-bond acceptors (Lipinski definition) is 4. The van der Waals surface area contributed by atoms with E-state index in [2.05, 4.69) is 13.8 Å². The molecule has 4 heteroatoms. The van der Waals surface area contributed by atoms with Crippen molar-refractivity contribution in [2.75, 3.05) is 6.61 Å². The van der Waals surface area contributed by atoms with Crippen molar-refractivity contribution >= 4 is 0 Å². The van der Waals surface area contributed by atoms with E-state index in [-0.39, 0.29) is 0 Å². The zero-order chi connectivity index (χ0) is 9.28. The van der Waals surface area contributed by atoms with Gasteiger partial charge in [-0.3, -0.25) is 0 Å². The molecule has 0 saturated heterocycles. The van der Waals surface area contributed by atoms with Gasteiger partial charge in [0.2, 0.25) is 0 Å². The Morgan fingerprint density at radius 3 is 1.36 bits per heavy atom. The lowest BCUT2D eigenvalue weighted by atomic mass is 10.4. The van der Waals surface area contributed by atoms with Gasteiger partial charge in [-0.25, -0.2) is 0 Å². The molecule has 0 spiro atoms. The molecule has 0 aromatic heterocycles. The second kappa shape index (κ2) is 9.84. The maximum Gasteiger partial charge on any atom is 0.180 e. The molecule has 11 heavy (non-hydrogen) atoms. The smallest absolute Gasteiger partial charge is 0.180 e. The highest BCUT2D eigenvalue weighted by molar-refractivity contribution is 4.50. The summed E-state index contributed by atoms with van der Waals surface area (Å²) in [6.07, 6.45) is -0.620. The second-order valence-electron chi connectivity index (χ2n) is 2.16. The molecular weight excluding hydrogens is 148 g/mol. The van der Waals surface area contributed by atoms with Gasteiger partial charge < -0.3 is 20.4 Å². The molecule has 0 amide bonds. The minimum absolute atomic E-state index is 0.627. The van der Waals surface area contributed by atoms with Gasteiger partial charge in [0.05, 0.1) is 6.61 Å². The van der Waals surface area contributed by atoms with E-state index in [0.29, 0.717) is 0 Å². The zero-order valence-electron chi connectivity index (χ0n) is 7.06. The van der Waals surface area contributed by atoms with Gasteiger partial charge in [-0.1, -0.05) is 26.7 Å². The summed E-state index contributed by atoms with van der Waals surface area (Å²) < 4.78 is 0. The van der Waals surface area contributed by atoms with Crippen molar-refractivity contribution in [3.05, 3.63) is 0 Å². The summed E-state index contributed by atoms with van der Waals surface area (Å²) in [6, 6.07) is 0. The Hall–Kier alpha value is -0.160. The fraction of sp³-hybridized carbons (Fsp3) is 1.00. The predicted molar refractivity (Wildman–Crippen MR) is 41.9 cm³/mol. The van der Waals surface area contributed by atoms with Crippen molar-refractivity contribution in [2.45, 2.75) is 39.1 Å². The minimum atomic E-state index is -1.83. The summed E-state index contributed by atoms with van der Waals surface area (Å²) in [6.45, 7) is 3.73. The van der Waals surface area contributed by atoms with Crippen LogP contribution in [0.1, 0.15) is 26.7 Å². The highest BCUT2D eigenvalue weighted by Crippen LogP contribution is 1.83. The van der Waals surface area contributed by atoms with Crippen LogP contribution in [-0.4, -0.2) is 39.4 Å². The number of hydrogen-bond donors (Lipinski definition) is 4. The molecule has 70 valence electrons. The first-order chi connectivity index (χ1) is 5.09. The Balaban J connectivity index is 0. The topological polar surface area (TPSA) is 80.9 Å². The molecule has 0 fully saturated rings. The summed E-state index contributed by atoms with van der Waals surface area (Å²) in [5.74, 6) is 0. The van der Waals surface area contributed by atoms with Crippen molar-refractivity contribution in [3.63, 3.8) is 0 Å². The van der Waals surface area contributed by atoms with Crippen molar-refractivity contribution < 1.29 is 20.4 Å². The zero-order valence-corrected chi connectivity index (χ0v) is 7.06. The van der Waals surface area contributed by atoms with E-state index in [1.54, 1.807) is 0 Å². The standard InChI is InChI=1S/C4H10.C3H8O4/c1-3-4-2;4-1-2(5)3(6)7/h3-4H2,1-2H3;2-7H,1H2. The van der Waals surface area contributed by atoms with Gasteiger partial charge >= 0.3 is 0 Å². The van der Waals surface area contributed by atoms with E-state index in [9.17, 15) is 0 Å². The maximum atomic E-state index is 8.19. The Bertz CT molecular complexity index is 63.5. The fourth-order valence-corrected chi connectivity index (χ4v) is 0.0943. The molecule has 0 saturated carbocycles. The number of rotatable bonds is 3. The van der Waals surface area contributed by atoms with Crippen LogP contribution < -0.4 is 0 Å². The van der Waals surface area contributed by atoms with E-state index in [1.807, 2.05) is 0 Å². The first-order valence-electron chi connectivity index (χ1n) is 3.75. The third kappa shape index (κ3) is 12.9. The van der Waals surface area contributed by atoms with Gasteiger partial charge in [0.25, 0.3) is 0 Å². The second-order valence-corrected chi connectivity index (χ2v) is 2.16. The highest BCUT2D eigenvalue weighted by Gasteiger charge is 2.08. The molecule has 4 N–H and O–H groups in total. The van der Waals surface area contributed by atoms with Crippen LogP contribution >= 0.6 is 0 Å². The van der Waals surface area contributed by atoms with Crippen LogP contribution in [0.4, 0.5) is 0 Å². The summed E-state index contributed by atoms with van der Waals surface area (Å²) in [5.41, 5.74) is 0. The first kappa shape index (κ1) is 13.4. The molecule has 0 aliphatic rings. The van der Waals surface area contributed by atoms with Crippen molar-refractivity contribution in [3.8, 4) is 0 Å². The SMILES string of the molecule is CCCC.OCC(O)C(O)O. The molecule has 0 radical (unpaired) electrons. The maximum absolute atomic E-state index is 8.19. The summed E-state index contributed by atoms with van der Waals surface area (Å²) in [7, 11) is 0. The number of unbranched alkanes of at least 4 members (excludes halogenated alkanes) is 1. The summed E-state index contributed by atoms with van der Waals surface area (Å²) in [4.78, 5) is 0. The third-order valence-corrected chi connectivity index (χ3v) is 1.03. The minimum Gasteiger partial charge on any atom is -0.393 e. The Kier molecular flexibility index (Phi) is 12.0. The van der Waals surface area contributed by atoms with Gasteiger partial charge in [0, 0.05) is 0 Å². The molecule has 0 aliphatic heterocycles. The molecule has 0 aliphatic carbocycles. The van der Waals surface area contributed by atoms with E-state index in [4.69, 9.17) is 20.4 Å². The predicted octanol–water partition coefficient (Wildman–Crippen LogP) is -0.543. The summed E-state index contributed by atoms with van der Waals surface area (Å²) >= 11 is 0. The van der Waals surface area contributed by atoms with Crippen LogP contribution in [0.5, 0.6) is 0 Å². The quantitative estimate of drug-likeness (QED) is 0.424. The highest BCUT2D eigenvalue weighted by atomic mass is 16.5. The van der Waals surface area contributed by atoms with E-state index in [0.717, 1.165) is 0 Å². The first-order valence-corrected chi connectivity index (χ1v) is 3.75. The molecule has 0 heterocycles. The molecule has 0 aromatic carbocycles. The van der Waals surface area contributed by atoms with Crippen LogP contribution in [0.2, 0.25) is 0 Å². The molecule has 1 atom stereocenters. The monoisotopic (exact) mass is 166 g/mol. The van der Waals surface area contributed by atoms with Gasteiger partial charge in [0.1, 0.15) is 6.10 Å². The lowest BCUT2D eigenvalue weighted by Gasteiger charge is -2.06. The largest absolute Gasteiger partial charge is 0.393 e. The van der Waals surface area contributed by atoms with Crippen LogP contribution in [0.25, 0.3) is 0 Å². The molecule has 0 aromatic rings. The normalized spacial score (nSPS) is 12.3. The third-order valence-electron chi connectivity index (χ3n) is 1.03. The molecule has 0 bridgehead atoms. The molecule has 4 nitrogen and oxygen atoms in total. The Labute approximate surface area is 67.1 Å². The van der Waals surface area contributed by atoms with Crippen LogP contribution in [-0.2, 0) is 0 Å². The van der Waals surface area contributed by atoms with Gasteiger partial charge in [-0.05, 0) is 0 Å². The van der Waals surface area contributed by atoms with Crippen molar-refractivity contribution in [1.82, 2.24) is 0 Å². The van der Waals surface area contributed by atoms with Gasteiger partial charge in [-0.2, -0.15) is 0 Å². The van der Waals surface area contributed by atoms with Crippen molar-refractivity contribution in [2.24, 2.45) is 0 Å². The molecule has 1 unspecified atom stereocenters. The van der Waals surface area contributed by atoms with E-state index >= 15 is 0 Å². The summed E-state index contributed by atoms with van der Waals surface area (Å²) in [5, 5.41) is 32.1. The Morgan fingerprint density at radius 2 is 1.36 bits per heavy atom. The molecular formula is C7H18O4. The number of aliphatic hydroxyl groups is 4. The van der Waals surface area contributed by atoms with Crippen LogP contribution in [0.3, 0.4) is 0 Å².